The highest BCUT2D eigenvalue weighted by molar-refractivity contribution is 7.99. The topological polar surface area (TPSA) is 86.1 Å². The second kappa shape index (κ2) is 9.18. The molecule has 1 N–H and O–H groups in total. The maximum atomic E-state index is 12.4. The van der Waals surface area contributed by atoms with Crippen molar-refractivity contribution in [2.75, 3.05) is 18.2 Å². The molecule has 0 fully saturated rings. The van der Waals surface area contributed by atoms with Gasteiger partial charge in [0.05, 0.1) is 24.1 Å². The lowest BCUT2D eigenvalue weighted by atomic mass is 10.2. The minimum absolute atomic E-state index is 0.141. The number of benzene rings is 2. The number of thioether (sulfide) groups is 1. The van der Waals surface area contributed by atoms with Crippen LogP contribution in [0.2, 0.25) is 0 Å². The second-order valence-electron chi connectivity index (χ2n) is 5.79. The molecule has 2 aromatic carbocycles. The Kier molecular flexibility index (Phi) is 6.44. The average Bonchev–Trinajstić information content (AvgIpc) is 3.15. The molecule has 0 radical (unpaired) electrons. The maximum absolute atomic E-state index is 12.4. The third kappa shape index (κ3) is 4.40. The van der Waals surface area contributed by atoms with Gasteiger partial charge in [-0.25, -0.2) is 4.79 Å². The van der Waals surface area contributed by atoms with Crippen LogP contribution in [0.15, 0.2) is 59.8 Å². The van der Waals surface area contributed by atoms with Gasteiger partial charge >= 0.3 is 5.97 Å². The lowest BCUT2D eigenvalue weighted by Gasteiger charge is -2.10. The number of hydrogen-bond donors (Lipinski definition) is 1. The molecule has 1 heterocycles. The molecule has 1 aromatic heterocycles. The van der Waals surface area contributed by atoms with Gasteiger partial charge in [0, 0.05) is 12.1 Å². The van der Waals surface area contributed by atoms with E-state index in [2.05, 4.69) is 15.5 Å². The largest absolute Gasteiger partial charge is 0.465 e. The fourth-order valence-corrected chi connectivity index (χ4v) is 3.48. The number of para-hydroxylation sites is 1. The number of hydrogen-bond acceptors (Lipinski definition) is 6. The zero-order valence-corrected chi connectivity index (χ0v) is 16.4. The minimum Gasteiger partial charge on any atom is -0.465 e. The summed E-state index contributed by atoms with van der Waals surface area (Å²) in [4.78, 5) is 24.2. The molecule has 0 aliphatic heterocycles. The highest BCUT2D eigenvalue weighted by Crippen LogP contribution is 2.24. The molecule has 0 aliphatic carbocycles. The van der Waals surface area contributed by atoms with Gasteiger partial charge < -0.3 is 14.6 Å². The zero-order valence-electron chi connectivity index (χ0n) is 15.6. The summed E-state index contributed by atoms with van der Waals surface area (Å²) in [6.45, 7) is 2.69. The number of methoxy groups -OCH3 is 1. The molecule has 1 amide bonds. The number of anilines is 1. The van der Waals surface area contributed by atoms with Crippen molar-refractivity contribution in [2.45, 2.75) is 18.6 Å². The summed E-state index contributed by atoms with van der Waals surface area (Å²) in [5, 5.41) is 11.9. The van der Waals surface area contributed by atoms with Crippen molar-refractivity contribution >= 4 is 29.3 Å². The van der Waals surface area contributed by atoms with Crippen molar-refractivity contribution in [2.24, 2.45) is 0 Å². The van der Waals surface area contributed by atoms with Crippen LogP contribution in [0, 0.1) is 0 Å². The van der Waals surface area contributed by atoms with Crippen LogP contribution in [-0.4, -0.2) is 39.5 Å². The van der Waals surface area contributed by atoms with Crippen LogP contribution in [0.5, 0.6) is 0 Å². The lowest BCUT2D eigenvalue weighted by molar-refractivity contribution is -0.113. The first-order valence-electron chi connectivity index (χ1n) is 8.72. The third-order valence-electron chi connectivity index (χ3n) is 4.00. The third-order valence-corrected chi connectivity index (χ3v) is 4.97. The molecule has 0 saturated carbocycles. The molecule has 144 valence electrons. The first-order chi connectivity index (χ1) is 13.6. The summed E-state index contributed by atoms with van der Waals surface area (Å²) in [5.41, 5.74) is 1.70. The molecule has 3 rings (SSSR count). The maximum Gasteiger partial charge on any atom is 0.339 e. The van der Waals surface area contributed by atoms with E-state index in [9.17, 15) is 9.59 Å². The predicted octanol–water partition coefficient (Wildman–Crippen LogP) is 3.48. The molecule has 28 heavy (non-hydrogen) atoms. The number of esters is 1. The highest BCUT2D eigenvalue weighted by atomic mass is 32.2. The molecular formula is C20H20N4O3S. The van der Waals surface area contributed by atoms with Crippen molar-refractivity contribution in [3.63, 3.8) is 0 Å². The number of carbonyl (C=O) groups excluding carboxylic acids is 2. The van der Waals surface area contributed by atoms with Gasteiger partial charge in [0.2, 0.25) is 5.91 Å². The Morgan fingerprint density at radius 1 is 1.07 bits per heavy atom. The van der Waals surface area contributed by atoms with Gasteiger partial charge in [-0.05, 0) is 19.1 Å². The van der Waals surface area contributed by atoms with Gasteiger partial charge in [0.15, 0.2) is 11.0 Å². The monoisotopic (exact) mass is 396 g/mol. The van der Waals surface area contributed by atoms with E-state index in [1.807, 2.05) is 41.8 Å². The van der Waals surface area contributed by atoms with E-state index in [0.29, 0.717) is 23.0 Å². The Bertz CT molecular complexity index is 973. The molecule has 8 heteroatoms. The quantitative estimate of drug-likeness (QED) is 0.486. The van der Waals surface area contributed by atoms with E-state index in [-0.39, 0.29) is 11.7 Å². The Labute approximate surface area is 167 Å². The lowest BCUT2D eigenvalue weighted by Crippen LogP contribution is -2.17. The van der Waals surface area contributed by atoms with Crippen molar-refractivity contribution in [1.82, 2.24) is 14.8 Å². The number of ether oxygens (including phenoxy) is 1. The van der Waals surface area contributed by atoms with Crippen molar-refractivity contribution in [3.05, 3.63) is 60.2 Å². The standard InChI is InChI=1S/C20H20N4O3S/c1-3-24-18(14-9-5-4-6-10-14)22-23-20(24)28-13-17(25)21-16-12-8-7-11-15(16)19(26)27-2/h4-12H,3,13H2,1-2H3,(H,21,25). The first-order valence-corrected chi connectivity index (χ1v) is 9.71. The number of nitrogens with one attached hydrogen (secondary N) is 1. The van der Waals surface area contributed by atoms with Crippen LogP contribution >= 0.6 is 11.8 Å². The zero-order chi connectivity index (χ0) is 19.9. The molecule has 0 spiro atoms. The van der Waals surface area contributed by atoms with Gasteiger partial charge in [-0.3, -0.25) is 4.79 Å². The number of rotatable bonds is 7. The molecule has 0 saturated heterocycles. The summed E-state index contributed by atoms with van der Waals surface area (Å²) in [7, 11) is 1.30. The van der Waals surface area contributed by atoms with Crippen molar-refractivity contribution < 1.29 is 14.3 Å². The summed E-state index contributed by atoms with van der Waals surface area (Å²) in [6, 6.07) is 16.5. The minimum atomic E-state index is -0.498. The van der Waals surface area contributed by atoms with Crippen LogP contribution in [0.1, 0.15) is 17.3 Å². The van der Waals surface area contributed by atoms with Gasteiger partial charge in [-0.15, -0.1) is 10.2 Å². The SMILES string of the molecule is CCn1c(SCC(=O)Nc2ccccc2C(=O)OC)nnc1-c1ccccc1. The molecular weight excluding hydrogens is 376 g/mol. The first kappa shape index (κ1) is 19.6. The number of aromatic nitrogens is 3. The van der Waals surface area contributed by atoms with E-state index in [0.717, 1.165) is 11.4 Å². The Morgan fingerprint density at radius 3 is 2.50 bits per heavy atom. The molecule has 0 aliphatic rings. The summed E-state index contributed by atoms with van der Waals surface area (Å²) in [6.07, 6.45) is 0. The average molecular weight is 396 g/mol. The van der Waals surface area contributed by atoms with Gasteiger partial charge in [0.1, 0.15) is 0 Å². The predicted molar refractivity (Wildman–Crippen MR) is 108 cm³/mol. The summed E-state index contributed by atoms with van der Waals surface area (Å²) >= 11 is 1.30. The Balaban J connectivity index is 1.69. The van der Waals surface area contributed by atoms with Gasteiger partial charge in [-0.2, -0.15) is 0 Å². The van der Waals surface area contributed by atoms with Crippen LogP contribution in [0.3, 0.4) is 0 Å². The molecule has 0 atom stereocenters. The van der Waals surface area contributed by atoms with E-state index in [4.69, 9.17) is 4.74 Å². The number of nitrogens with zero attached hydrogens (tertiary/aromatic N) is 3. The smallest absolute Gasteiger partial charge is 0.339 e. The molecule has 3 aromatic rings. The summed E-state index contributed by atoms with van der Waals surface area (Å²) in [5.74, 6) is 0.166. The number of carbonyl (C=O) groups is 2. The van der Waals surface area contributed by atoms with Crippen LogP contribution in [0.4, 0.5) is 5.69 Å². The Morgan fingerprint density at radius 2 is 1.79 bits per heavy atom. The van der Waals surface area contributed by atoms with E-state index >= 15 is 0 Å². The van der Waals surface area contributed by atoms with Crippen LogP contribution < -0.4 is 5.32 Å². The van der Waals surface area contributed by atoms with E-state index in [1.165, 1.54) is 18.9 Å². The van der Waals surface area contributed by atoms with E-state index < -0.39 is 5.97 Å². The second-order valence-corrected chi connectivity index (χ2v) is 6.73. The molecule has 0 bridgehead atoms. The van der Waals surface area contributed by atoms with Crippen molar-refractivity contribution in [1.29, 1.82) is 0 Å². The normalized spacial score (nSPS) is 10.5. The fraction of sp³-hybridized carbons (Fsp3) is 0.200. The van der Waals surface area contributed by atoms with Crippen molar-refractivity contribution in [3.8, 4) is 11.4 Å². The summed E-state index contributed by atoms with van der Waals surface area (Å²) < 4.78 is 6.71. The molecule has 0 unspecified atom stereocenters. The number of amides is 1. The van der Waals surface area contributed by atoms with Gasteiger partial charge in [0.25, 0.3) is 0 Å². The van der Waals surface area contributed by atoms with Gasteiger partial charge in [-0.1, -0.05) is 54.2 Å². The Hall–Kier alpha value is -3.13. The van der Waals surface area contributed by atoms with Crippen LogP contribution in [0.25, 0.3) is 11.4 Å². The molecule has 7 nitrogen and oxygen atoms in total. The highest BCUT2D eigenvalue weighted by Gasteiger charge is 2.16. The van der Waals surface area contributed by atoms with E-state index in [1.54, 1.807) is 24.3 Å². The van der Waals surface area contributed by atoms with Crippen LogP contribution in [-0.2, 0) is 16.1 Å². The fourth-order valence-electron chi connectivity index (χ4n) is 2.68.